The van der Waals surface area contributed by atoms with Crippen molar-refractivity contribution < 1.29 is 4.79 Å². The summed E-state index contributed by atoms with van der Waals surface area (Å²) in [6, 6.07) is 13.7. The molecule has 0 saturated carbocycles. The van der Waals surface area contributed by atoms with Gasteiger partial charge in [-0.25, -0.2) is 0 Å². The van der Waals surface area contributed by atoms with Crippen molar-refractivity contribution in [2.24, 2.45) is 0 Å². The molecule has 0 radical (unpaired) electrons. The lowest BCUT2D eigenvalue weighted by Gasteiger charge is -2.07. The number of halogens is 2. The second kappa shape index (κ2) is 7.29. The Morgan fingerprint density at radius 2 is 1.85 bits per heavy atom. The summed E-state index contributed by atoms with van der Waals surface area (Å²) < 4.78 is 2.08. The third-order valence-electron chi connectivity index (χ3n) is 2.63. The van der Waals surface area contributed by atoms with E-state index in [9.17, 15) is 4.79 Å². The van der Waals surface area contributed by atoms with E-state index in [-0.39, 0.29) is 5.91 Å². The van der Waals surface area contributed by atoms with Crippen molar-refractivity contribution in [3.63, 3.8) is 0 Å². The lowest BCUT2D eigenvalue weighted by molar-refractivity contribution is -0.113. The van der Waals surface area contributed by atoms with Gasteiger partial charge in [-0.3, -0.25) is 4.79 Å². The highest BCUT2D eigenvalue weighted by molar-refractivity contribution is 9.10. The molecule has 1 amide bonds. The van der Waals surface area contributed by atoms with Gasteiger partial charge in [-0.05, 0) is 55.0 Å². The fourth-order valence-electron chi connectivity index (χ4n) is 1.60. The number of carbonyl (C=O) groups is 1. The molecule has 2 nitrogen and oxygen atoms in total. The van der Waals surface area contributed by atoms with Crippen LogP contribution in [0.4, 0.5) is 5.69 Å². The predicted molar refractivity (Wildman–Crippen MR) is 92.4 cm³/mol. The normalized spacial score (nSPS) is 10.3. The maximum Gasteiger partial charge on any atom is 0.234 e. The van der Waals surface area contributed by atoms with E-state index in [1.54, 1.807) is 0 Å². The molecule has 0 fully saturated rings. The van der Waals surface area contributed by atoms with Gasteiger partial charge in [0.15, 0.2) is 0 Å². The molecule has 2 aromatic carbocycles. The van der Waals surface area contributed by atoms with Crippen molar-refractivity contribution >= 4 is 55.2 Å². The molecule has 104 valence electrons. The van der Waals surface area contributed by atoms with E-state index >= 15 is 0 Å². The highest BCUT2D eigenvalue weighted by Gasteiger charge is 2.05. The summed E-state index contributed by atoms with van der Waals surface area (Å²) in [5.74, 6) is 0.399. The molecule has 1 N–H and O–H groups in total. The van der Waals surface area contributed by atoms with Gasteiger partial charge in [-0.1, -0.05) is 31.9 Å². The maximum absolute atomic E-state index is 11.9. The summed E-state index contributed by atoms with van der Waals surface area (Å²) in [6.07, 6.45) is 0. The summed E-state index contributed by atoms with van der Waals surface area (Å²) >= 11 is 8.35. The third-order valence-corrected chi connectivity index (χ3v) is 5.06. The van der Waals surface area contributed by atoms with Crippen LogP contribution in [-0.2, 0) is 4.79 Å². The average molecular weight is 415 g/mol. The minimum Gasteiger partial charge on any atom is -0.325 e. The third kappa shape index (κ3) is 4.65. The number of hydrogen-bond donors (Lipinski definition) is 1. The number of anilines is 1. The Balaban J connectivity index is 1.89. The van der Waals surface area contributed by atoms with Gasteiger partial charge in [0, 0.05) is 19.5 Å². The first-order valence-corrected chi connectivity index (χ1v) is 8.56. The molecule has 0 atom stereocenters. The molecule has 0 aliphatic carbocycles. The molecule has 0 aliphatic heterocycles. The van der Waals surface area contributed by atoms with Crippen molar-refractivity contribution in [2.75, 3.05) is 11.1 Å². The fourth-order valence-corrected chi connectivity index (χ4v) is 2.81. The molecule has 2 rings (SSSR count). The van der Waals surface area contributed by atoms with Crippen LogP contribution < -0.4 is 5.32 Å². The summed E-state index contributed by atoms with van der Waals surface area (Å²) in [7, 11) is 0. The molecule has 0 aliphatic rings. The zero-order valence-corrected chi connectivity index (χ0v) is 14.8. The number of nitrogens with one attached hydrogen (secondary N) is 1. The Hall–Kier alpha value is -0.780. The first kappa shape index (κ1) is 15.6. The van der Waals surface area contributed by atoms with E-state index in [0.717, 1.165) is 25.1 Å². The minimum absolute atomic E-state index is 0.000332. The summed E-state index contributed by atoms with van der Waals surface area (Å²) in [4.78, 5) is 13.0. The Morgan fingerprint density at radius 3 is 2.50 bits per heavy atom. The molecular formula is C15H13Br2NOS. The lowest BCUT2D eigenvalue weighted by atomic mass is 10.2. The van der Waals surface area contributed by atoms with E-state index in [2.05, 4.69) is 37.2 Å². The maximum atomic E-state index is 11.9. The summed E-state index contributed by atoms with van der Waals surface area (Å²) in [5, 5.41) is 2.90. The van der Waals surface area contributed by atoms with Gasteiger partial charge >= 0.3 is 0 Å². The van der Waals surface area contributed by atoms with E-state index in [0.29, 0.717) is 5.75 Å². The first-order chi connectivity index (χ1) is 9.54. The van der Waals surface area contributed by atoms with Gasteiger partial charge in [-0.15, -0.1) is 11.8 Å². The summed E-state index contributed by atoms with van der Waals surface area (Å²) in [6.45, 7) is 2.00. The molecule has 0 heterocycles. The van der Waals surface area contributed by atoms with Crippen LogP contribution in [0.15, 0.2) is 56.3 Å². The molecule has 0 spiro atoms. The van der Waals surface area contributed by atoms with Crippen LogP contribution in [0.1, 0.15) is 5.56 Å². The predicted octanol–water partition coefficient (Wildman–Crippen LogP) is 5.25. The molecule has 5 heteroatoms. The largest absolute Gasteiger partial charge is 0.325 e. The molecule has 20 heavy (non-hydrogen) atoms. The number of aryl methyl sites for hydroxylation is 1. The standard InChI is InChI=1S/C15H13Br2NOS/c1-10-8-12(4-7-14(10)17)18-15(19)9-20-13-5-2-11(16)3-6-13/h2-8H,9H2,1H3,(H,18,19). The Labute approximate surface area is 139 Å². The van der Waals surface area contributed by atoms with E-state index in [1.165, 1.54) is 11.8 Å². The van der Waals surface area contributed by atoms with Crippen molar-refractivity contribution in [2.45, 2.75) is 11.8 Å². The minimum atomic E-state index is -0.000332. The van der Waals surface area contributed by atoms with Gasteiger partial charge < -0.3 is 5.32 Å². The van der Waals surface area contributed by atoms with E-state index in [1.807, 2.05) is 49.4 Å². The van der Waals surface area contributed by atoms with Crippen molar-refractivity contribution in [1.29, 1.82) is 0 Å². The van der Waals surface area contributed by atoms with Gasteiger partial charge in [0.05, 0.1) is 5.75 Å². The SMILES string of the molecule is Cc1cc(NC(=O)CSc2ccc(Br)cc2)ccc1Br. The van der Waals surface area contributed by atoms with Crippen LogP contribution in [0.5, 0.6) is 0 Å². The number of carbonyl (C=O) groups excluding carboxylic acids is 1. The lowest BCUT2D eigenvalue weighted by Crippen LogP contribution is -2.14. The van der Waals surface area contributed by atoms with Gasteiger partial charge in [-0.2, -0.15) is 0 Å². The quantitative estimate of drug-likeness (QED) is 0.692. The Morgan fingerprint density at radius 1 is 1.15 bits per heavy atom. The van der Waals surface area contributed by atoms with Gasteiger partial charge in [0.25, 0.3) is 0 Å². The molecular weight excluding hydrogens is 402 g/mol. The second-order valence-electron chi connectivity index (χ2n) is 4.25. The molecule has 0 unspecified atom stereocenters. The molecule has 0 saturated heterocycles. The Kier molecular flexibility index (Phi) is 5.69. The zero-order chi connectivity index (χ0) is 14.5. The number of benzene rings is 2. The fraction of sp³-hybridized carbons (Fsp3) is 0.133. The second-order valence-corrected chi connectivity index (χ2v) is 7.07. The molecule has 2 aromatic rings. The number of thioether (sulfide) groups is 1. The van der Waals surface area contributed by atoms with Crippen LogP contribution in [0.2, 0.25) is 0 Å². The number of rotatable bonds is 4. The number of hydrogen-bond acceptors (Lipinski definition) is 2. The van der Waals surface area contributed by atoms with Crippen LogP contribution >= 0.6 is 43.6 Å². The zero-order valence-electron chi connectivity index (χ0n) is 10.8. The van der Waals surface area contributed by atoms with Crippen molar-refractivity contribution in [3.05, 3.63) is 57.0 Å². The topological polar surface area (TPSA) is 29.1 Å². The highest BCUT2D eigenvalue weighted by Crippen LogP contribution is 2.22. The highest BCUT2D eigenvalue weighted by atomic mass is 79.9. The smallest absolute Gasteiger partial charge is 0.234 e. The van der Waals surface area contributed by atoms with Gasteiger partial charge in [0.2, 0.25) is 5.91 Å². The molecule has 0 aromatic heterocycles. The first-order valence-electron chi connectivity index (χ1n) is 5.99. The number of amides is 1. The van der Waals surface area contributed by atoms with Crippen LogP contribution in [0, 0.1) is 6.92 Å². The summed E-state index contributed by atoms with van der Waals surface area (Å²) in [5.41, 5.74) is 1.93. The van der Waals surface area contributed by atoms with E-state index in [4.69, 9.17) is 0 Å². The average Bonchev–Trinajstić information content (AvgIpc) is 2.42. The van der Waals surface area contributed by atoms with Crippen molar-refractivity contribution in [3.8, 4) is 0 Å². The van der Waals surface area contributed by atoms with Gasteiger partial charge in [0.1, 0.15) is 0 Å². The van der Waals surface area contributed by atoms with Crippen LogP contribution in [0.3, 0.4) is 0 Å². The molecule has 0 bridgehead atoms. The Bertz CT molecular complexity index is 614. The van der Waals surface area contributed by atoms with Crippen molar-refractivity contribution in [1.82, 2.24) is 0 Å². The van der Waals surface area contributed by atoms with E-state index < -0.39 is 0 Å². The monoisotopic (exact) mass is 413 g/mol. The van der Waals surface area contributed by atoms with Crippen LogP contribution in [-0.4, -0.2) is 11.7 Å². The van der Waals surface area contributed by atoms with Crippen LogP contribution in [0.25, 0.3) is 0 Å².